The molecule has 1 N–H and O–H groups in total. The molecule has 1 saturated carbocycles. The fraction of sp³-hybridized carbons (Fsp3) is 0.692. The van der Waals surface area contributed by atoms with Gasteiger partial charge in [-0.1, -0.05) is 13.3 Å². The summed E-state index contributed by atoms with van der Waals surface area (Å²) in [5.74, 6) is 1.30. The maximum absolute atomic E-state index is 11.4. The largest absolute Gasteiger partial charge is 0.367 e. The summed E-state index contributed by atoms with van der Waals surface area (Å²) in [7, 11) is 0. The van der Waals surface area contributed by atoms with E-state index in [4.69, 9.17) is 4.74 Å². The average Bonchev–Trinajstić information content (AvgIpc) is 2.29. The van der Waals surface area contributed by atoms with Gasteiger partial charge in [0.15, 0.2) is 0 Å². The predicted octanol–water partition coefficient (Wildman–Crippen LogP) is 2.21. The number of aromatic amines is 1. The molecule has 0 aliphatic heterocycles. The van der Waals surface area contributed by atoms with Gasteiger partial charge >= 0.3 is 0 Å². The van der Waals surface area contributed by atoms with Crippen molar-refractivity contribution >= 4 is 0 Å². The minimum atomic E-state index is -0.382. The molecule has 0 bridgehead atoms. The summed E-state index contributed by atoms with van der Waals surface area (Å²) in [5.41, 5.74) is -0.486. The fourth-order valence-electron chi connectivity index (χ4n) is 2.80. The van der Waals surface area contributed by atoms with Crippen LogP contribution in [0.15, 0.2) is 17.1 Å². The van der Waals surface area contributed by atoms with Crippen LogP contribution in [0.4, 0.5) is 0 Å². The Labute approximate surface area is 101 Å². The molecular weight excluding hydrogens is 216 g/mol. The molecule has 0 amide bonds. The van der Waals surface area contributed by atoms with Crippen LogP contribution in [0, 0.1) is 5.92 Å². The number of rotatable bonds is 3. The molecule has 1 aromatic rings. The molecule has 1 fully saturated rings. The molecule has 1 aliphatic rings. The first-order valence-electron chi connectivity index (χ1n) is 6.36. The minimum Gasteiger partial charge on any atom is -0.367 e. The van der Waals surface area contributed by atoms with Crippen LogP contribution in [-0.2, 0) is 10.3 Å². The van der Waals surface area contributed by atoms with Crippen molar-refractivity contribution in [1.29, 1.82) is 0 Å². The summed E-state index contributed by atoms with van der Waals surface area (Å²) in [4.78, 5) is 18.5. The zero-order valence-corrected chi connectivity index (χ0v) is 10.5. The molecule has 1 aromatic heterocycles. The molecule has 0 spiro atoms. The minimum absolute atomic E-state index is 0.104. The van der Waals surface area contributed by atoms with E-state index in [9.17, 15) is 4.79 Å². The predicted molar refractivity (Wildman–Crippen MR) is 65.8 cm³/mol. The van der Waals surface area contributed by atoms with Crippen molar-refractivity contribution in [3.8, 4) is 0 Å². The van der Waals surface area contributed by atoms with E-state index in [0.717, 1.165) is 19.3 Å². The lowest BCUT2D eigenvalue weighted by molar-refractivity contribution is -0.0882. The topological polar surface area (TPSA) is 55.0 Å². The third-order valence-electron chi connectivity index (χ3n) is 3.48. The Hall–Kier alpha value is -1.16. The summed E-state index contributed by atoms with van der Waals surface area (Å²) in [5, 5.41) is 0. The van der Waals surface area contributed by atoms with Crippen molar-refractivity contribution in [2.45, 2.75) is 45.1 Å². The van der Waals surface area contributed by atoms with E-state index in [1.165, 1.54) is 12.5 Å². The van der Waals surface area contributed by atoms with Crippen LogP contribution in [0.5, 0.6) is 0 Å². The van der Waals surface area contributed by atoms with Crippen LogP contribution < -0.4 is 5.56 Å². The van der Waals surface area contributed by atoms with Gasteiger partial charge in [-0.15, -0.1) is 0 Å². The number of aromatic nitrogens is 2. The van der Waals surface area contributed by atoms with Crippen molar-refractivity contribution in [2.24, 2.45) is 5.92 Å². The molecule has 0 aromatic carbocycles. The van der Waals surface area contributed by atoms with Crippen LogP contribution in [0.1, 0.15) is 45.4 Å². The summed E-state index contributed by atoms with van der Waals surface area (Å²) in [6.45, 7) is 4.86. The molecule has 17 heavy (non-hydrogen) atoms. The molecule has 0 saturated heterocycles. The Balaban J connectivity index is 2.36. The van der Waals surface area contributed by atoms with Crippen LogP contribution in [0.3, 0.4) is 0 Å². The Kier molecular flexibility index (Phi) is 3.62. The van der Waals surface area contributed by atoms with Crippen molar-refractivity contribution in [3.63, 3.8) is 0 Å². The Bertz CT molecular complexity index is 425. The van der Waals surface area contributed by atoms with E-state index < -0.39 is 0 Å². The van der Waals surface area contributed by atoms with Crippen molar-refractivity contribution in [2.75, 3.05) is 6.61 Å². The first-order chi connectivity index (χ1) is 8.16. The number of H-pyrrole nitrogens is 1. The lowest BCUT2D eigenvalue weighted by Crippen LogP contribution is -2.38. The van der Waals surface area contributed by atoms with Crippen LogP contribution in [0.2, 0.25) is 0 Å². The molecule has 4 nitrogen and oxygen atoms in total. The quantitative estimate of drug-likeness (QED) is 0.875. The number of hydrogen-bond donors (Lipinski definition) is 1. The lowest BCUT2D eigenvalue weighted by Gasteiger charge is -2.38. The van der Waals surface area contributed by atoms with E-state index >= 15 is 0 Å². The Morgan fingerprint density at radius 2 is 2.47 bits per heavy atom. The molecule has 4 heteroatoms. The first kappa shape index (κ1) is 12.3. The summed E-state index contributed by atoms with van der Waals surface area (Å²) in [6, 6.07) is 1.44. The average molecular weight is 236 g/mol. The molecular formula is C13H20N2O2. The highest BCUT2D eigenvalue weighted by Crippen LogP contribution is 2.41. The fourth-order valence-corrected chi connectivity index (χ4v) is 2.80. The normalized spacial score (nSPS) is 29.2. The molecule has 1 aliphatic carbocycles. The molecule has 2 unspecified atom stereocenters. The van der Waals surface area contributed by atoms with Gasteiger partial charge in [-0.05, 0) is 32.1 Å². The molecule has 1 heterocycles. The summed E-state index contributed by atoms with van der Waals surface area (Å²) >= 11 is 0. The Morgan fingerprint density at radius 3 is 3.12 bits per heavy atom. The van der Waals surface area contributed by atoms with Crippen molar-refractivity contribution < 1.29 is 4.74 Å². The van der Waals surface area contributed by atoms with Gasteiger partial charge in [-0.2, -0.15) is 0 Å². The highest BCUT2D eigenvalue weighted by molar-refractivity contribution is 5.05. The number of ether oxygens (including phenoxy) is 1. The molecule has 94 valence electrons. The van der Waals surface area contributed by atoms with E-state index in [0.29, 0.717) is 18.3 Å². The van der Waals surface area contributed by atoms with Gasteiger partial charge in [0.1, 0.15) is 11.4 Å². The van der Waals surface area contributed by atoms with E-state index in [1.807, 2.05) is 6.92 Å². The Morgan fingerprint density at radius 1 is 1.65 bits per heavy atom. The zero-order chi connectivity index (χ0) is 12.3. The molecule has 2 atom stereocenters. The monoisotopic (exact) mass is 236 g/mol. The third-order valence-corrected chi connectivity index (χ3v) is 3.48. The van der Waals surface area contributed by atoms with Gasteiger partial charge in [0.2, 0.25) is 0 Å². The lowest BCUT2D eigenvalue weighted by atomic mass is 9.78. The number of nitrogens with one attached hydrogen (secondary N) is 1. The standard InChI is InChI=1S/C13H20N2O2/c1-3-17-13(7-4-5-10(2)9-13)12-14-8-6-11(16)15-12/h6,8,10H,3-5,7,9H2,1-2H3,(H,14,15,16). The van der Waals surface area contributed by atoms with Gasteiger partial charge in [-0.25, -0.2) is 4.98 Å². The van der Waals surface area contributed by atoms with E-state index in [2.05, 4.69) is 16.9 Å². The summed E-state index contributed by atoms with van der Waals surface area (Å²) in [6.07, 6.45) is 5.80. The second kappa shape index (κ2) is 5.00. The van der Waals surface area contributed by atoms with Crippen LogP contribution >= 0.6 is 0 Å². The van der Waals surface area contributed by atoms with Gasteiger partial charge in [0, 0.05) is 18.9 Å². The van der Waals surface area contributed by atoms with E-state index in [-0.39, 0.29) is 11.2 Å². The highest BCUT2D eigenvalue weighted by Gasteiger charge is 2.39. The first-order valence-corrected chi connectivity index (χ1v) is 6.36. The van der Waals surface area contributed by atoms with Gasteiger partial charge < -0.3 is 9.72 Å². The SMILES string of the molecule is CCOC1(c2nccc(=O)[nH]2)CCCC(C)C1. The summed E-state index contributed by atoms with van der Waals surface area (Å²) < 4.78 is 5.95. The maximum Gasteiger partial charge on any atom is 0.250 e. The van der Waals surface area contributed by atoms with Gasteiger partial charge in [-0.3, -0.25) is 4.79 Å². The van der Waals surface area contributed by atoms with E-state index in [1.54, 1.807) is 6.20 Å². The smallest absolute Gasteiger partial charge is 0.250 e. The van der Waals surface area contributed by atoms with Crippen LogP contribution in [0.25, 0.3) is 0 Å². The van der Waals surface area contributed by atoms with Gasteiger partial charge in [0.25, 0.3) is 5.56 Å². The molecule has 2 rings (SSSR count). The third kappa shape index (κ3) is 2.57. The second-order valence-electron chi connectivity index (χ2n) is 4.91. The maximum atomic E-state index is 11.4. The number of hydrogen-bond acceptors (Lipinski definition) is 3. The highest BCUT2D eigenvalue weighted by atomic mass is 16.5. The molecule has 0 radical (unpaired) electrons. The van der Waals surface area contributed by atoms with Crippen molar-refractivity contribution in [3.05, 3.63) is 28.4 Å². The number of nitrogens with zero attached hydrogens (tertiary/aromatic N) is 1. The van der Waals surface area contributed by atoms with Crippen LogP contribution in [-0.4, -0.2) is 16.6 Å². The van der Waals surface area contributed by atoms with Gasteiger partial charge in [0.05, 0.1) is 0 Å². The van der Waals surface area contributed by atoms with Crippen molar-refractivity contribution in [1.82, 2.24) is 9.97 Å². The second-order valence-corrected chi connectivity index (χ2v) is 4.91. The zero-order valence-electron chi connectivity index (χ0n) is 10.5.